The molecule has 25 heavy (non-hydrogen) atoms. The number of ether oxygens (including phenoxy) is 1. The number of benzene rings is 1. The summed E-state index contributed by atoms with van der Waals surface area (Å²) in [6.07, 6.45) is 1.46. The molecule has 2 fully saturated rings. The van der Waals surface area contributed by atoms with Crippen molar-refractivity contribution in [2.45, 2.75) is 32.2 Å². The van der Waals surface area contributed by atoms with Crippen LogP contribution in [0.15, 0.2) is 24.3 Å². The third-order valence-corrected chi connectivity index (χ3v) is 4.97. The summed E-state index contributed by atoms with van der Waals surface area (Å²) in [5.41, 5.74) is 0.403. The average molecular weight is 349 g/mol. The van der Waals surface area contributed by atoms with Crippen molar-refractivity contribution in [1.29, 1.82) is 0 Å². The highest BCUT2D eigenvalue weighted by atomic mass is 19.1. The Hall–Kier alpha value is -2.28. The summed E-state index contributed by atoms with van der Waals surface area (Å²) in [5.74, 6) is -1.22. The minimum atomic E-state index is -0.430. The molecule has 1 aromatic rings. The number of carbonyl (C=O) groups is 3. The lowest BCUT2D eigenvalue weighted by molar-refractivity contribution is -0.920. The number of anilines is 1. The molecule has 0 spiro atoms. The Bertz CT molecular complexity index is 668. The highest BCUT2D eigenvalue weighted by Gasteiger charge is 2.47. The standard InChI is InChI=1S/C18H21FN2O4/c1-2-25-18(24)12-7-9-20(10-8-12)15-11-16(22)21(17(15)23)14-5-3-13(19)4-6-14/h3-6,12,15H,2,7-11H2,1H3/p+1. The molecule has 0 saturated carbocycles. The maximum Gasteiger partial charge on any atom is 0.309 e. The van der Waals surface area contributed by atoms with E-state index < -0.39 is 11.9 Å². The van der Waals surface area contributed by atoms with Crippen LogP contribution in [-0.2, 0) is 19.1 Å². The molecule has 2 amide bonds. The minimum absolute atomic E-state index is 0.121. The van der Waals surface area contributed by atoms with Crippen molar-refractivity contribution in [1.82, 2.24) is 0 Å². The number of hydrogen-bond acceptors (Lipinski definition) is 4. The Morgan fingerprint density at radius 2 is 1.88 bits per heavy atom. The number of nitrogens with one attached hydrogen (secondary N) is 1. The highest BCUT2D eigenvalue weighted by molar-refractivity contribution is 6.21. The molecule has 7 heteroatoms. The van der Waals surface area contributed by atoms with Gasteiger partial charge in [0.1, 0.15) is 5.82 Å². The van der Waals surface area contributed by atoms with Gasteiger partial charge in [0.2, 0.25) is 5.91 Å². The smallest absolute Gasteiger partial charge is 0.309 e. The lowest BCUT2D eigenvalue weighted by Gasteiger charge is -2.31. The van der Waals surface area contributed by atoms with Crippen LogP contribution in [0.3, 0.4) is 0 Å². The molecule has 1 aromatic carbocycles. The number of halogens is 1. The Balaban J connectivity index is 1.65. The van der Waals surface area contributed by atoms with E-state index in [2.05, 4.69) is 0 Å². The van der Waals surface area contributed by atoms with Gasteiger partial charge in [-0.1, -0.05) is 0 Å². The lowest BCUT2D eigenvalue weighted by Crippen LogP contribution is -3.17. The fraction of sp³-hybridized carbons (Fsp3) is 0.500. The van der Waals surface area contributed by atoms with E-state index in [4.69, 9.17) is 4.74 Å². The Morgan fingerprint density at radius 1 is 1.24 bits per heavy atom. The third kappa shape index (κ3) is 3.56. The monoisotopic (exact) mass is 349 g/mol. The molecule has 2 heterocycles. The van der Waals surface area contributed by atoms with Crippen molar-refractivity contribution in [2.75, 3.05) is 24.6 Å². The van der Waals surface area contributed by atoms with E-state index in [9.17, 15) is 18.8 Å². The van der Waals surface area contributed by atoms with E-state index in [-0.39, 0.29) is 30.1 Å². The van der Waals surface area contributed by atoms with Gasteiger partial charge in [-0.15, -0.1) is 0 Å². The van der Waals surface area contributed by atoms with Crippen LogP contribution >= 0.6 is 0 Å². The molecule has 1 atom stereocenters. The molecule has 2 saturated heterocycles. The molecular formula is C18H22FN2O4+. The number of esters is 1. The van der Waals surface area contributed by atoms with E-state index in [1.165, 1.54) is 24.3 Å². The molecule has 0 aliphatic carbocycles. The van der Waals surface area contributed by atoms with Crippen molar-refractivity contribution >= 4 is 23.5 Å². The fourth-order valence-electron chi connectivity index (χ4n) is 3.65. The Labute approximate surface area is 145 Å². The average Bonchev–Trinajstić information content (AvgIpc) is 2.91. The van der Waals surface area contributed by atoms with Crippen molar-refractivity contribution < 1.29 is 28.4 Å². The van der Waals surface area contributed by atoms with Crippen LogP contribution in [0.4, 0.5) is 10.1 Å². The predicted octanol–water partition coefficient (Wildman–Crippen LogP) is 0.316. The molecule has 3 rings (SSSR count). The largest absolute Gasteiger partial charge is 0.466 e. The predicted molar refractivity (Wildman–Crippen MR) is 87.4 cm³/mol. The molecule has 2 aliphatic rings. The van der Waals surface area contributed by atoms with Crippen LogP contribution in [-0.4, -0.2) is 43.5 Å². The molecule has 1 unspecified atom stereocenters. The van der Waals surface area contributed by atoms with E-state index in [1.54, 1.807) is 6.92 Å². The van der Waals surface area contributed by atoms with E-state index in [1.807, 2.05) is 0 Å². The first-order valence-electron chi connectivity index (χ1n) is 8.64. The fourth-order valence-corrected chi connectivity index (χ4v) is 3.65. The molecule has 0 bridgehead atoms. The number of nitrogens with zero attached hydrogens (tertiary/aromatic N) is 1. The zero-order chi connectivity index (χ0) is 18.0. The van der Waals surface area contributed by atoms with Crippen LogP contribution in [0.5, 0.6) is 0 Å². The molecule has 0 radical (unpaired) electrons. The second-order valence-electron chi connectivity index (χ2n) is 6.49. The number of hydrogen-bond donors (Lipinski definition) is 1. The van der Waals surface area contributed by atoms with Gasteiger partial charge in [0.25, 0.3) is 5.91 Å². The summed E-state index contributed by atoms with van der Waals surface area (Å²) in [7, 11) is 0. The molecule has 1 N–H and O–H groups in total. The zero-order valence-electron chi connectivity index (χ0n) is 14.2. The number of piperidine rings is 1. The normalized spacial score (nSPS) is 26.8. The van der Waals surface area contributed by atoms with Crippen LogP contribution < -0.4 is 9.80 Å². The summed E-state index contributed by atoms with van der Waals surface area (Å²) in [4.78, 5) is 39.0. The molecule has 134 valence electrons. The van der Waals surface area contributed by atoms with Gasteiger partial charge in [0.15, 0.2) is 6.04 Å². The summed E-state index contributed by atoms with van der Waals surface area (Å²) >= 11 is 0. The minimum Gasteiger partial charge on any atom is -0.466 e. The van der Waals surface area contributed by atoms with Gasteiger partial charge >= 0.3 is 5.97 Å². The number of amides is 2. The van der Waals surface area contributed by atoms with Crippen molar-refractivity contribution in [3.8, 4) is 0 Å². The molecule has 6 nitrogen and oxygen atoms in total. The van der Waals surface area contributed by atoms with Crippen LogP contribution in [0.25, 0.3) is 0 Å². The first-order valence-corrected chi connectivity index (χ1v) is 8.64. The summed E-state index contributed by atoms with van der Waals surface area (Å²) < 4.78 is 18.1. The second-order valence-corrected chi connectivity index (χ2v) is 6.49. The number of quaternary nitrogens is 1. The van der Waals surface area contributed by atoms with Gasteiger partial charge in [-0.2, -0.15) is 0 Å². The van der Waals surface area contributed by atoms with E-state index in [0.29, 0.717) is 38.2 Å². The molecule has 2 aliphatic heterocycles. The quantitative estimate of drug-likeness (QED) is 0.628. The van der Waals surface area contributed by atoms with Gasteiger partial charge in [-0.25, -0.2) is 9.29 Å². The summed E-state index contributed by atoms with van der Waals surface area (Å²) in [6, 6.07) is 4.92. The van der Waals surface area contributed by atoms with Crippen LogP contribution in [0.2, 0.25) is 0 Å². The second kappa shape index (κ2) is 7.31. The number of carbonyl (C=O) groups excluding carboxylic acids is 3. The van der Waals surface area contributed by atoms with Gasteiger partial charge in [-0.3, -0.25) is 14.4 Å². The van der Waals surface area contributed by atoms with Crippen LogP contribution in [0.1, 0.15) is 26.2 Å². The topological polar surface area (TPSA) is 68.1 Å². The Kier molecular flexibility index (Phi) is 5.13. The maximum absolute atomic E-state index is 13.1. The first kappa shape index (κ1) is 17.5. The van der Waals surface area contributed by atoms with Crippen LogP contribution in [0, 0.1) is 11.7 Å². The SMILES string of the molecule is CCOC(=O)C1CC[NH+](C2CC(=O)N(c3ccc(F)cc3)C2=O)CC1. The number of rotatable bonds is 4. The van der Waals surface area contributed by atoms with Crippen molar-refractivity contribution in [2.24, 2.45) is 5.92 Å². The van der Waals surface area contributed by atoms with Gasteiger partial charge < -0.3 is 9.64 Å². The van der Waals surface area contributed by atoms with E-state index >= 15 is 0 Å². The summed E-state index contributed by atoms with van der Waals surface area (Å²) in [5, 5.41) is 0. The van der Waals surface area contributed by atoms with Gasteiger partial charge in [0.05, 0.1) is 37.7 Å². The summed E-state index contributed by atoms with van der Waals surface area (Å²) in [6.45, 7) is 3.47. The zero-order valence-corrected chi connectivity index (χ0v) is 14.2. The Morgan fingerprint density at radius 3 is 2.48 bits per heavy atom. The van der Waals surface area contributed by atoms with Crippen molar-refractivity contribution in [3.05, 3.63) is 30.1 Å². The van der Waals surface area contributed by atoms with Crippen molar-refractivity contribution in [3.63, 3.8) is 0 Å². The van der Waals surface area contributed by atoms with Gasteiger partial charge in [0, 0.05) is 12.8 Å². The maximum atomic E-state index is 13.1. The molecular weight excluding hydrogens is 327 g/mol. The number of imide groups is 1. The van der Waals surface area contributed by atoms with Gasteiger partial charge in [-0.05, 0) is 31.2 Å². The number of likely N-dealkylation sites (tertiary alicyclic amines) is 1. The highest BCUT2D eigenvalue weighted by Crippen LogP contribution is 2.23. The molecule has 0 aromatic heterocycles. The third-order valence-electron chi connectivity index (χ3n) is 4.97. The first-order chi connectivity index (χ1) is 12.0. The van der Waals surface area contributed by atoms with E-state index in [0.717, 1.165) is 9.80 Å². The lowest BCUT2D eigenvalue weighted by atomic mass is 9.95.